The summed E-state index contributed by atoms with van der Waals surface area (Å²) in [6.07, 6.45) is 0. The van der Waals surface area contributed by atoms with Crippen LogP contribution in [0.25, 0.3) is 11.0 Å². The SMILES string of the molecule is COc1ccc2oc(C(=O)NC(C)C)c(C)c2c1. The maximum absolute atomic E-state index is 12.0. The second-order valence-corrected chi connectivity index (χ2v) is 4.55. The predicted octanol–water partition coefficient (Wildman–Crippen LogP) is 2.89. The van der Waals surface area contributed by atoms with Gasteiger partial charge in [-0.1, -0.05) is 0 Å². The molecule has 0 unspecified atom stereocenters. The van der Waals surface area contributed by atoms with Crippen molar-refractivity contribution in [3.05, 3.63) is 29.5 Å². The molecule has 0 saturated heterocycles. The van der Waals surface area contributed by atoms with Crippen molar-refractivity contribution >= 4 is 16.9 Å². The summed E-state index contributed by atoms with van der Waals surface area (Å²) in [5.41, 5.74) is 1.53. The Labute approximate surface area is 106 Å². The summed E-state index contributed by atoms with van der Waals surface area (Å²) in [7, 11) is 1.61. The minimum Gasteiger partial charge on any atom is -0.497 e. The number of aryl methyl sites for hydroxylation is 1. The van der Waals surface area contributed by atoms with E-state index in [2.05, 4.69) is 5.32 Å². The van der Waals surface area contributed by atoms with Crippen LogP contribution in [0.3, 0.4) is 0 Å². The van der Waals surface area contributed by atoms with E-state index in [-0.39, 0.29) is 11.9 Å². The highest BCUT2D eigenvalue weighted by molar-refractivity contribution is 5.99. The number of amides is 1. The molecule has 0 fully saturated rings. The van der Waals surface area contributed by atoms with Crippen molar-refractivity contribution in [3.8, 4) is 5.75 Å². The Morgan fingerprint density at radius 3 is 2.72 bits per heavy atom. The van der Waals surface area contributed by atoms with Gasteiger partial charge in [-0.2, -0.15) is 0 Å². The number of ether oxygens (including phenoxy) is 1. The van der Waals surface area contributed by atoms with Gasteiger partial charge < -0.3 is 14.5 Å². The van der Waals surface area contributed by atoms with Crippen LogP contribution in [0.4, 0.5) is 0 Å². The maximum Gasteiger partial charge on any atom is 0.287 e. The number of nitrogens with one attached hydrogen (secondary N) is 1. The molecule has 1 aromatic heterocycles. The zero-order chi connectivity index (χ0) is 13.3. The zero-order valence-electron chi connectivity index (χ0n) is 11.0. The average Bonchev–Trinajstić information content (AvgIpc) is 2.65. The fourth-order valence-electron chi connectivity index (χ4n) is 1.87. The molecule has 0 saturated carbocycles. The van der Waals surface area contributed by atoms with Gasteiger partial charge in [0.2, 0.25) is 0 Å². The van der Waals surface area contributed by atoms with Crippen molar-refractivity contribution in [2.24, 2.45) is 0 Å². The summed E-state index contributed by atoms with van der Waals surface area (Å²) in [4.78, 5) is 12.0. The van der Waals surface area contributed by atoms with Crippen LogP contribution in [0.1, 0.15) is 30.0 Å². The second-order valence-electron chi connectivity index (χ2n) is 4.55. The fraction of sp³-hybridized carbons (Fsp3) is 0.357. The third-order valence-electron chi connectivity index (χ3n) is 2.77. The number of carbonyl (C=O) groups is 1. The number of hydrogen-bond donors (Lipinski definition) is 1. The highest BCUT2D eigenvalue weighted by atomic mass is 16.5. The number of carbonyl (C=O) groups excluding carboxylic acids is 1. The molecule has 2 aromatic rings. The average molecular weight is 247 g/mol. The van der Waals surface area contributed by atoms with Crippen LogP contribution in [0.2, 0.25) is 0 Å². The number of benzene rings is 1. The highest BCUT2D eigenvalue weighted by Crippen LogP contribution is 2.28. The molecule has 18 heavy (non-hydrogen) atoms. The molecule has 0 atom stereocenters. The Morgan fingerprint density at radius 1 is 1.39 bits per heavy atom. The molecule has 0 aliphatic heterocycles. The molecule has 1 aromatic carbocycles. The third-order valence-corrected chi connectivity index (χ3v) is 2.77. The zero-order valence-corrected chi connectivity index (χ0v) is 11.0. The van der Waals surface area contributed by atoms with Gasteiger partial charge in [0, 0.05) is 17.0 Å². The first-order valence-corrected chi connectivity index (χ1v) is 5.91. The van der Waals surface area contributed by atoms with E-state index in [0.29, 0.717) is 11.3 Å². The molecule has 1 heterocycles. The lowest BCUT2D eigenvalue weighted by Crippen LogP contribution is -2.30. The Balaban J connectivity index is 2.47. The lowest BCUT2D eigenvalue weighted by Gasteiger charge is -2.06. The standard InChI is InChI=1S/C14H17NO3/c1-8(2)15-14(16)13-9(3)11-7-10(17-4)5-6-12(11)18-13/h5-8H,1-4H3,(H,15,16). The van der Waals surface area contributed by atoms with Gasteiger partial charge in [0.1, 0.15) is 11.3 Å². The largest absolute Gasteiger partial charge is 0.497 e. The number of rotatable bonds is 3. The monoisotopic (exact) mass is 247 g/mol. The number of methoxy groups -OCH3 is 1. The van der Waals surface area contributed by atoms with Gasteiger partial charge in [0.15, 0.2) is 5.76 Å². The summed E-state index contributed by atoms with van der Waals surface area (Å²) in [5, 5.41) is 3.73. The first-order chi connectivity index (χ1) is 8.52. The number of hydrogen-bond acceptors (Lipinski definition) is 3. The molecule has 0 radical (unpaired) electrons. The Kier molecular flexibility index (Phi) is 3.28. The molecule has 1 N–H and O–H groups in total. The minimum absolute atomic E-state index is 0.0830. The van der Waals surface area contributed by atoms with Gasteiger partial charge in [0.25, 0.3) is 5.91 Å². The van der Waals surface area contributed by atoms with Gasteiger partial charge in [-0.25, -0.2) is 0 Å². The molecule has 1 amide bonds. The molecule has 0 aliphatic rings. The first-order valence-electron chi connectivity index (χ1n) is 5.91. The molecule has 0 spiro atoms. The van der Waals surface area contributed by atoms with Crippen LogP contribution in [-0.2, 0) is 0 Å². The molecule has 4 nitrogen and oxygen atoms in total. The van der Waals surface area contributed by atoms with Crippen LogP contribution in [-0.4, -0.2) is 19.1 Å². The molecule has 0 bridgehead atoms. The predicted molar refractivity (Wildman–Crippen MR) is 70.1 cm³/mol. The Bertz CT molecular complexity index is 584. The first kappa shape index (κ1) is 12.5. The van der Waals surface area contributed by atoms with Crippen molar-refractivity contribution in [2.75, 3.05) is 7.11 Å². The molecular weight excluding hydrogens is 230 g/mol. The van der Waals surface area contributed by atoms with E-state index in [1.807, 2.05) is 39.0 Å². The van der Waals surface area contributed by atoms with Crippen LogP contribution >= 0.6 is 0 Å². The van der Waals surface area contributed by atoms with Gasteiger partial charge in [-0.05, 0) is 39.0 Å². The summed E-state index contributed by atoms with van der Waals surface area (Å²) in [5.74, 6) is 0.937. The van der Waals surface area contributed by atoms with E-state index >= 15 is 0 Å². The summed E-state index contributed by atoms with van der Waals surface area (Å²) in [6, 6.07) is 5.59. The highest BCUT2D eigenvalue weighted by Gasteiger charge is 2.18. The van der Waals surface area contributed by atoms with Crippen LogP contribution in [0, 0.1) is 6.92 Å². The topological polar surface area (TPSA) is 51.5 Å². The van der Waals surface area contributed by atoms with E-state index in [1.165, 1.54) is 0 Å². The maximum atomic E-state index is 12.0. The lowest BCUT2D eigenvalue weighted by molar-refractivity contribution is 0.0916. The van der Waals surface area contributed by atoms with Crippen LogP contribution in [0.15, 0.2) is 22.6 Å². The van der Waals surface area contributed by atoms with Gasteiger partial charge in [0.05, 0.1) is 7.11 Å². The van der Waals surface area contributed by atoms with Gasteiger partial charge in [-0.3, -0.25) is 4.79 Å². The quantitative estimate of drug-likeness (QED) is 0.907. The fourth-order valence-corrected chi connectivity index (χ4v) is 1.87. The minimum atomic E-state index is -0.183. The van der Waals surface area contributed by atoms with Crippen molar-refractivity contribution < 1.29 is 13.9 Å². The van der Waals surface area contributed by atoms with Crippen molar-refractivity contribution in [3.63, 3.8) is 0 Å². The van der Waals surface area contributed by atoms with Crippen LogP contribution in [0.5, 0.6) is 5.75 Å². The molecule has 2 rings (SSSR count). The Hall–Kier alpha value is -1.97. The van der Waals surface area contributed by atoms with Crippen molar-refractivity contribution in [2.45, 2.75) is 26.8 Å². The third kappa shape index (κ3) is 2.18. The summed E-state index contributed by atoms with van der Waals surface area (Å²) >= 11 is 0. The normalized spacial score (nSPS) is 10.9. The lowest BCUT2D eigenvalue weighted by atomic mass is 10.1. The van der Waals surface area contributed by atoms with E-state index in [1.54, 1.807) is 7.11 Å². The molecule has 96 valence electrons. The second kappa shape index (κ2) is 4.72. The van der Waals surface area contributed by atoms with E-state index in [4.69, 9.17) is 9.15 Å². The summed E-state index contributed by atoms with van der Waals surface area (Å²) in [6.45, 7) is 5.71. The van der Waals surface area contributed by atoms with E-state index in [9.17, 15) is 4.79 Å². The molecular formula is C14H17NO3. The van der Waals surface area contributed by atoms with Crippen LogP contribution < -0.4 is 10.1 Å². The van der Waals surface area contributed by atoms with E-state index < -0.39 is 0 Å². The number of furan rings is 1. The molecule has 0 aliphatic carbocycles. The smallest absolute Gasteiger partial charge is 0.287 e. The van der Waals surface area contributed by atoms with Gasteiger partial charge in [-0.15, -0.1) is 0 Å². The van der Waals surface area contributed by atoms with E-state index in [0.717, 1.165) is 16.7 Å². The Morgan fingerprint density at radius 2 is 2.11 bits per heavy atom. The summed E-state index contributed by atoms with van der Waals surface area (Å²) < 4.78 is 10.8. The molecule has 4 heteroatoms. The van der Waals surface area contributed by atoms with Crippen molar-refractivity contribution in [1.29, 1.82) is 0 Å². The van der Waals surface area contributed by atoms with Crippen molar-refractivity contribution in [1.82, 2.24) is 5.32 Å². The number of fused-ring (bicyclic) bond motifs is 1. The van der Waals surface area contributed by atoms with Gasteiger partial charge >= 0.3 is 0 Å².